The van der Waals surface area contributed by atoms with Crippen molar-refractivity contribution in [1.82, 2.24) is 9.36 Å². The third kappa shape index (κ3) is 3.23. The van der Waals surface area contributed by atoms with E-state index in [2.05, 4.69) is 35.0 Å². The zero-order chi connectivity index (χ0) is 14.0. The quantitative estimate of drug-likeness (QED) is 0.779. The van der Waals surface area contributed by atoms with Gasteiger partial charge >= 0.3 is 5.97 Å². The van der Waals surface area contributed by atoms with Crippen LogP contribution in [0.4, 0.5) is 5.13 Å². The summed E-state index contributed by atoms with van der Waals surface area (Å²) in [4.78, 5) is 18.4. The van der Waals surface area contributed by atoms with Crippen LogP contribution in [-0.4, -0.2) is 35.5 Å². The SMILES string of the molecule is COC(=O)C1CCCN(c2nc(C(C)(C)C)ns2)C1. The minimum Gasteiger partial charge on any atom is -0.469 e. The zero-order valence-corrected chi connectivity index (χ0v) is 12.8. The molecule has 1 aromatic heterocycles. The molecule has 19 heavy (non-hydrogen) atoms. The minimum atomic E-state index is -0.120. The Hall–Kier alpha value is -1.17. The first-order chi connectivity index (χ1) is 8.91. The average Bonchev–Trinajstić information content (AvgIpc) is 2.87. The predicted octanol–water partition coefficient (Wildman–Crippen LogP) is 2.22. The van der Waals surface area contributed by atoms with E-state index < -0.39 is 0 Å². The van der Waals surface area contributed by atoms with Gasteiger partial charge in [0, 0.05) is 30.0 Å². The van der Waals surface area contributed by atoms with Crippen molar-refractivity contribution in [3.8, 4) is 0 Å². The Morgan fingerprint density at radius 1 is 1.47 bits per heavy atom. The standard InChI is InChI=1S/C13H21N3O2S/c1-13(2,3)11-14-12(19-15-11)16-7-5-6-9(8-16)10(17)18-4/h9H,5-8H2,1-4H3. The Morgan fingerprint density at radius 2 is 2.21 bits per heavy atom. The largest absolute Gasteiger partial charge is 0.469 e. The lowest BCUT2D eigenvalue weighted by Crippen LogP contribution is -2.39. The van der Waals surface area contributed by atoms with Crippen LogP contribution < -0.4 is 4.90 Å². The number of aromatic nitrogens is 2. The van der Waals surface area contributed by atoms with Crippen LogP contribution in [0.2, 0.25) is 0 Å². The average molecular weight is 283 g/mol. The molecule has 0 radical (unpaired) electrons. The molecular weight excluding hydrogens is 262 g/mol. The molecule has 1 unspecified atom stereocenters. The summed E-state index contributed by atoms with van der Waals surface area (Å²) < 4.78 is 9.26. The first-order valence-electron chi connectivity index (χ1n) is 6.59. The number of rotatable bonds is 2. The molecule has 2 heterocycles. The Morgan fingerprint density at radius 3 is 2.79 bits per heavy atom. The van der Waals surface area contributed by atoms with Crippen LogP contribution in [-0.2, 0) is 14.9 Å². The lowest BCUT2D eigenvalue weighted by Gasteiger charge is -2.30. The van der Waals surface area contributed by atoms with Crippen LogP contribution in [0.15, 0.2) is 0 Å². The number of hydrogen-bond acceptors (Lipinski definition) is 6. The maximum atomic E-state index is 11.6. The summed E-state index contributed by atoms with van der Waals surface area (Å²) in [5.41, 5.74) is -0.0354. The lowest BCUT2D eigenvalue weighted by molar-refractivity contribution is -0.145. The zero-order valence-electron chi connectivity index (χ0n) is 12.0. The highest BCUT2D eigenvalue weighted by Crippen LogP contribution is 2.28. The lowest BCUT2D eigenvalue weighted by atomic mass is 9.96. The number of piperidine rings is 1. The van der Waals surface area contributed by atoms with Crippen molar-refractivity contribution in [2.45, 2.75) is 39.0 Å². The second-order valence-electron chi connectivity index (χ2n) is 5.96. The van der Waals surface area contributed by atoms with Crippen molar-refractivity contribution in [3.63, 3.8) is 0 Å². The van der Waals surface area contributed by atoms with Gasteiger partial charge in [0.25, 0.3) is 0 Å². The molecule has 0 N–H and O–H groups in total. The Balaban J connectivity index is 2.09. The fourth-order valence-electron chi connectivity index (χ4n) is 2.16. The van der Waals surface area contributed by atoms with Gasteiger partial charge in [0.1, 0.15) is 5.82 Å². The fourth-order valence-corrected chi connectivity index (χ4v) is 3.05. The van der Waals surface area contributed by atoms with Crippen molar-refractivity contribution in [1.29, 1.82) is 0 Å². The topological polar surface area (TPSA) is 55.3 Å². The van der Waals surface area contributed by atoms with Gasteiger partial charge in [-0.2, -0.15) is 4.37 Å². The summed E-state index contributed by atoms with van der Waals surface area (Å²) >= 11 is 1.42. The number of ether oxygens (including phenoxy) is 1. The van der Waals surface area contributed by atoms with Crippen molar-refractivity contribution < 1.29 is 9.53 Å². The summed E-state index contributed by atoms with van der Waals surface area (Å²) in [5, 5.41) is 0.915. The van der Waals surface area contributed by atoms with Crippen LogP contribution in [0.3, 0.4) is 0 Å². The monoisotopic (exact) mass is 283 g/mol. The van der Waals surface area contributed by atoms with Crippen LogP contribution in [0, 0.1) is 5.92 Å². The van der Waals surface area contributed by atoms with E-state index in [0.717, 1.165) is 30.3 Å². The van der Waals surface area contributed by atoms with Crippen LogP contribution in [0.1, 0.15) is 39.4 Å². The van der Waals surface area contributed by atoms with Gasteiger partial charge in [0.05, 0.1) is 13.0 Å². The van der Waals surface area contributed by atoms with Crippen molar-refractivity contribution in [2.75, 3.05) is 25.1 Å². The van der Waals surface area contributed by atoms with E-state index in [-0.39, 0.29) is 17.3 Å². The van der Waals surface area contributed by atoms with E-state index in [9.17, 15) is 4.79 Å². The van der Waals surface area contributed by atoms with Crippen molar-refractivity contribution in [2.24, 2.45) is 5.92 Å². The van der Waals surface area contributed by atoms with Gasteiger partial charge in [-0.3, -0.25) is 4.79 Å². The van der Waals surface area contributed by atoms with Gasteiger partial charge in [0.2, 0.25) is 5.13 Å². The second kappa shape index (κ2) is 5.45. The summed E-state index contributed by atoms with van der Waals surface area (Å²) in [6.45, 7) is 7.93. The molecule has 0 aromatic carbocycles. The van der Waals surface area contributed by atoms with Crippen LogP contribution in [0.5, 0.6) is 0 Å². The molecule has 6 heteroatoms. The van der Waals surface area contributed by atoms with Gasteiger partial charge < -0.3 is 9.64 Å². The van der Waals surface area contributed by atoms with E-state index in [4.69, 9.17) is 4.74 Å². The van der Waals surface area contributed by atoms with Gasteiger partial charge in [-0.25, -0.2) is 4.98 Å². The molecule has 0 bridgehead atoms. The molecule has 1 aromatic rings. The summed E-state index contributed by atoms with van der Waals surface area (Å²) in [6, 6.07) is 0. The number of methoxy groups -OCH3 is 1. The Kier molecular flexibility index (Phi) is 4.08. The normalized spacial score (nSPS) is 20.4. The van der Waals surface area contributed by atoms with Gasteiger partial charge in [-0.05, 0) is 12.8 Å². The molecule has 1 saturated heterocycles. The maximum Gasteiger partial charge on any atom is 0.310 e. The van der Waals surface area contributed by atoms with E-state index in [1.165, 1.54) is 18.6 Å². The van der Waals surface area contributed by atoms with Gasteiger partial charge in [-0.15, -0.1) is 0 Å². The first-order valence-corrected chi connectivity index (χ1v) is 7.36. The van der Waals surface area contributed by atoms with Crippen LogP contribution in [0.25, 0.3) is 0 Å². The van der Waals surface area contributed by atoms with E-state index in [1.54, 1.807) is 0 Å². The summed E-state index contributed by atoms with van der Waals surface area (Å²) in [5.74, 6) is 0.707. The third-order valence-corrected chi connectivity index (χ3v) is 4.09. The Bertz CT molecular complexity index is 453. The minimum absolute atomic E-state index is 0.0354. The second-order valence-corrected chi connectivity index (χ2v) is 6.69. The molecule has 0 aliphatic carbocycles. The van der Waals surface area contributed by atoms with E-state index >= 15 is 0 Å². The predicted molar refractivity (Wildman–Crippen MR) is 75.6 cm³/mol. The molecule has 2 rings (SSSR count). The maximum absolute atomic E-state index is 11.6. The molecule has 106 valence electrons. The van der Waals surface area contributed by atoms with Gasteiger partial charge in [-0.1, -0.05) is 20.8 Å². The van der Waals surface area contributed by atoms with E-state index in [1.807, 2.05) is 0 Å². The molecule has 0 spiro atoms. The molecule has 1 aliphatic heterocycles. The number of carbonyl (C=O) groups excluding carboxylic acids is 1. The summed E-state index contributed by atoms with van der Waals surface area (Å²) in [7, 11) is 1.45. The number of carbonyl (C=O) groups is 1. The highest BCUT2D eigenvalue weighted by Gasteiger charge is 2.29. The molecule has 5 nitrogen and oxygen atoms in total. The van der Waals surface area contributed by atoms with Gasteiger partial charge in [0.15, 0.2) is 0 Å². The summed E-state index contributed by atoms with van der Waals surface area (Å²) in [6.07, 6.45) is 1.89. The smallest absolute Gasteiger partial charge is 0.310 e. The molecule has 0 saturated carbocycles. The number of anilines is 1. The molecule has 1 aliphatic rings. The van der Waals surface area contributed by atoms with Crippen molar-refractivity contribution in [3.05, 3.63) is 5.82 Å². The number of esters is 1. The van der Waals surface area contributed by atoms with E-state index in [0.29, 0.717) is 6.54 Å². The number of nitrogens with zero attached hydrogens (tertiary/aromatic N) is 3. The Labute approximate surface area is 118 Å². The fraction of sp³-hybridized carbons (Fsp3) is 0.769. The molecule has 1 atom stereocenters. The number of hydrogen-bond donors (Lipinski definition) is 0. The molecular formula is C13H21N3O2S. The third-order valence-electron chi connectivity index (χ3n) is 3.31. The molecule has 1 fully saturated rings. The first kappa shape index (κ1) is 14.2. The van der Waals surface area contributed by atoms with Crippen LogP contribution >= 0.6 is 11.5 Å². The highest BCUT2D eigenvalue weighted by molar-refractivity contribution is 7.09. The van der Waals surface area contributed by atoms with Crippen molar-refractivity contribution >= 4 is 22.6 Å². The molecule has 0 amide bonds. The highest BCUT2D eigenvalue weighted by atomic mass is 32.1.